The highest BCUT2D eigenvalue weighted by molar-refractivity contribution is 6.14. The van der Waals surface area contributed by atoms with Gasteiger partial charge >= 0.3 is 6.01 Å². The van der Waals surface area contributed by atoms with Gasteiger partial charge in [0.25, 0.3) is 0 Å². The lowest BCUT2D eigenvalue weighted by atomic mass is 9.95. The normalized spacial score (nSPS) is 19.2. The fourth-order valence-corrected chi connectivity index (χ4v) is 4.93. The standard InChI is InChI=1S/C23H24FN7O/c1-12-10-31(11-23(12)4-5-23)21-18-16-6-14(24)7-17(25-3)19(16)28-20(18)29-22(30-21)32-15-8-26-13(2)27-9-15/h6-9,12,25H,4-5,10-11H2,1-3H3,(H,28,29,30)/t12-/m0/s1. The predicted octanol–water partition coefficient (Wildman–Crippen LogP) is 4.42. The number of anilines is 2. The Bertz CT molecular complexity index is 1350. The first-order valence-electron chi connectivity index (χ1n) is 10.9. The first kappa shape index (κ1) is 19.2. The first-order valence-corrected chi connectivity index (χ1v) is 10.9. The molecule has 9 heteroatoms. The van der Waals surface area contributed by atoms with Gasteiger partial charge < -0.3 is 19.9 Å². The van der Waals surface area contributed by atoms with Gasteiger partial charge in [0, 0.05) is 25.5 Å². The molecule has 1 aromatic carbocycles. The second-order valence-electron chi connectivity index (χ2n) is 9.02. The molecule has 1 saturated carbocycles. The topological polar surface area (TPSA) is 91.8 Å². The second-order valence-corrected chi connectivity index (χ2v) is 9.02. The van der Waals surface area contributed by atoms with Gasteiger partial charge in [0.05, 0.1) is 29.0 Å². The average Bonchev–Trinajstić information content (AvgIpc) is 3.36. The van der Waals surface area contributed by atoms with Crippen molar-refractivity contribution in [2.24, 2.45) is 11.3 Å². The highest BCUT2D eigenvalue weighted by Crippen LogP contribution is 2.57. The van der Waals surface area contributed by atoms with E-state index in [-0.39, 0.29) is 11.8 Å². The zero-order chi connectivity index (χ0) is 22.0. The molecular weight excluding hydrogens is 409 g/mol. The Morgan fingerprint density at radius 1 is 1.22 bits per heavy atom. The molecule has 1 saturated heterocycles. The largest absolute Gasteiger partial charge is 0.421 e. The molecule has 2 N–H and O–H groups in total. The molecule has 8 nitrogen and oxygen atoms in total. The number of nitrogens with one attached hydrogen (secondary N) is 2. The third kappa shape index (κ3) is 2.95. The summed E-state index contributed by atoms with van der Waals surface area (Å²) in [5.74, 6) is 2.17. The van der Waals surface area contributed by atoms with Gasteiger partial charge in [-0.25, -0.2) is 14.4 Å². The maximum Gasteiger partial charge on any atom is 0.326 e. The van der Waals surface area contributed by atoms with Gasteiger partial charge in [-0.15, -0.1) is 0 Å². The SMILES string of the molecule is CNc1cc(F)cc2c1[nH]c1nc(Oc3cnc(C)nc3)nc(N3C[C@H](C)C4(CC4)C3)c12. The molecule has 1 aliphatic carbocycles. The fraction of sp³-hybridized carbons (Fsp3) is 0.391. The van der Waals surface area contributed by atoms with E-state index in [9.17, 15) is 4.39 Å². The van der Waals surface area contributed by atoms with Crippen LogP contribution in [0.1, 0.15) is 25.6 Å². The molecular formula is C23H24FN7O. The molecule has 2 aliphatic rings. The molecule has 0 bridgehead atoms. The van der Waals surface area contributed by atoms with Gasteiger partial charge in [0.15, 0.2) is 5.75 Å². The molecule has 0 radical (unpaired) electrons. The molecule has 3 aromatic heterocycles. The van der Waals surface area contributed by atoms with Crippen LogP contribution in [0.25, 0.3) is 21.9 Å². The number of aromatic amines is 1. The molecule has 0 amide bonds. The third-order valence-electron chi connectivity index (χ3n) is 6.96. The van der Waals surface area contributed by atoms with Crippen LogP contribution in [0.5, 0.6) is 11.8 Å². The van der Waals surface area contributed by atoms with Gasteiger partial charge in [-0.1, -0.05) is 6.92 Å². The molecule has 0 unspecified atom stereocenters. The number of aromatic nitrogens is 5. The van der Waals surface area contributed by atoms with Crippen molar-refractivity contribution in [2.75, 3.05) is 30.4 Å². The minimum absolute atomic E-state index is 0.211. The van der Waals surface area contributed by atoms with E-state index in [0.717, 1.165) is 35.2 Å². The predicted molar refractivity (Wildman–Crippen MR) is 121 cm³/mol. The summed E-state index contributed by atoms with van der Waals surface area (Å²) in [5.41, 5.74) is 2.45. The number of nitrogens with zero attached hydrogens (tertiary/aromatic N) is 5. The number of fused-ring (bicyclic) bond motifs is 3. The van der Waals surface area contributed by atoms with E-state index in [1.54, 1.807) is 25.5 Å². The third-order valence-corrected chi connectivity index (χ3v) is 6.96. The fourth-order valence-electron chi connectivity index (χ4n) is 4.93. The molecule has 4 heterocycles. The molecule has 164 valence electrons. The summed E-state index contributed by atoms with van der Waals surface area (Å²) in [6.45, 7) is 5.96. The molecule has 1 atom stereocenters. The maximum atomic E-state index is 14.4. The number of aryl methyl sites for hydroxylation is 1. The summed E-state index contributed by atoms with van der Waals surface area (Å²) in [6, 6.07) is 3.23. The summed E-state index contributed by atoms with van der Waals surface area (Å²) in [6.07, 6.45) is 5.70. The summed E-state index contributed by atoms with van der Waals surface area (Å²) in [5, 5.41) is 4.64. The van der Waals surface area contributed by atoms with E-state index in [4.69, 9.17) is 9.72 Å². The Hall–Kier alpha value is -3.49. The van der Waals surface area contributed by atoms with Crippen molar-refractivity contribution in [1.82, 2.24) is 24.9 Å². The van der Waals surface area contributed by atoms with Crippen molar-refractivity contribution in [3.63, 3.8) is 0 Å². The molecule has 2 fully saturated rings. The lowest BCUT2D eigenvalue weighted by Crippen LogP contribution is -2.22. The van der Waals surface area contributed by atoms with Crippen LogP contribution in [-0.4, -0.2) is 45.1 Å². The quantitative estimate of drug-likeness (QED) is 0.492. The second kappa shape index (κ2) is 6.75. The highest BCUT2D eigenvalue weighted by atomic mass is 19.1. The number of hydrogen-bond donors (Lipinski definition) is 2. The first-order chi connectivity index (χ1) is 15.5. The van der Waals surface area contributed by atoms with E-state index in [0.29, 0.717) is 34.2 Å². The zero-order valence-corrected chi connectivity index (χ0v) is 18.2. The van der Waals surface area contributed by atoms with E-state index < -0.39 is 0 Å². The van der Waals surface area contributed by atoms with E-state index in [1.807, 2.05) is 6.92 Å². The van der Waals surface area contributed by atoms with Crippen LogP contribution in [0, 0.1) is 24.1 Å². The van der Waals surface area contributed by atoms with Crippen molar-refractivity contribution in [1.29, 1.82) is 0 Å². The van der Waals surface area contributed by atoms with Gasteiger partial charge in [-0.05, 0) is 43.2 Å². The molecule has 1 aliphatic heterocycles. The van der Waals surface area contributed by atoms with E-state index >= 15 is 0 Å². The van der Waals surface area contributed by atoms with E-state index in [1.165, 1.54) is 18.9 Å². The Morgan fingerprint density at radius 3 is 2.69 bits per heavy atom. The van der Waals surface area contributed by atoms with Crippen molar-refractivity contribution >= 4 is 33.4 Å². The van der Waals surface area contributed by atoms with Gasteiger partial charge in [-0.3, -0.25) is 0 Å². The minimum Gasteiger partial charge on any atom is -0.421 e. The van der Waals surface area contributed by atoms with Crippen LogP contribution >= 0.6 is 0 Å². The number of benzene rings is 1. The van der Waals surface area contributed by atoms with Crippen LogP contribution in [-0.2, 0) is 0 Å². The summed E-state index contributed by atoms with van der Waals surface area (Å²) < 4.78 is 20.4. The van der Waals surface area contributed by atoms with Crippen molar-refractivity contribution in [2.45, 2.75) is 26.7 Å². The number of hydrogen-bond acceptors (Lipinski definition) is 7. The Morgan fingerprint density at radius 2 is 2.00 bits per heavy atom. The Balaban J connectivity index is 1.54. The molecule has 6 rings (SSSR count). The van der Waals surface area contributed by atoms with Crippen LogP contribution in [0.4, 0.5) is 15.9 Å². The lowest BCUT2D eigenvalue weighted by Gasteiger charge is -2.19. The van der Waals surface area contributed by atoms with Crippen LogP contribution in [0.3, 0.4) is 0 Å². The van der Waals surface area contributed by atoms with Gasteiger partial charge in [-0.2, -0.15) is 9.97 Å². The Kier molecular flexibility index (Phi) is 4.05. The average molecular weight is 433 g/mol. The molecule has 4 aromatic rings. The number of ether oxygens (including phenoxy) is 1. The lowest BCUT2D eigenvalue weighted by molar-refractivity contribution is 0.432. The van der Waals surface area contributed by atoms with Crippen LogP contribution < -0.4 is 15.0 Å². The number of rotatable bonds is 4. The van der Waals surface area contributed by atoms with Crippen molar-refractivity contribution in [3.8, 4) is 11.8 Å². The van der Waals surface area contributed by atoms with Crippen LogP contribution in [0.2, 0.25) is 0 Å². The van der Waals surface area contributed by atoms with Crippen molar-refractivity contribution in [3.05, 3.63) is 36.2 Å². The maximum absolute atomic E-state index is 14.4. The molecule has 32 heavy (non-hydrogen) atoms. The smallest absolute Gasteiger partial charge is 0.326 e. The van der Waals surface area contributed by atoms with E-state index in [2.05, 4.69) is 37.1 Å². The van der Waals surface area contributed by atoms with Gasteiger partial charge in [0.2, 0.25) is 0 Å². The van der Waals surface area contributed by atoms with Crippen molar-refractivity contribution < 1.29 is 9.13 Å². The van der Waals surface area contributed by atoms with Crippen LogP contribution in [0.15, 0.2) is 24.5 Å². The van der Waals surface area contributed by atoms with Gasteiger partial charge in [0.1, 0.15) is 23.1 Å². The summed E-state index contributed by atoms with van der Waals surface area (Å²) in [4.78, 5) is 23.4. The monoisotopic (exact) mass is 433 g/mol. The summed E-state index contributed by atoms with van der Waals surface area (Å²) >= 11 is 0. The zero-order valence-electron chi connectivity index (χ0n) is 18.2. The summed E-state index contributed by atoms with van der Waals surface area (Å²) in [7, 11) is 1.78. The molecule has 1 spiro atoms. The Labute approximate surface area is 184 Å². The number of halogens is 1. The minimum atomic E-state index is -0.306. The highest BCUT2D eigenvalue weighted by Gasteiger charge is 2.53. The number of H-pyrrole nitrogens is 1.